The number of benzene rings is 3. The second-order valence-electron chi connectivity index (χ2n) is 15.8. The van der Waals surface area contributed by atoms with Gasteiger partial charge in [-0.25, -0.2) is 8.78 Å². The van der Waals surface area contributed by atoms with Crippen molar-refractivity contribution in [3.05, 3.63) is 112 Å². The van der Waals surface area contributed by atoms with E-state index in [2.05, 4.69) is 62.6 Å². The average Bonchev–Trinajstić information content (AvgIpc) is 3.87. The van der Waals surface area contributed by atoms with Crippen molar-refractivity contribution in [2.24, 2.45) is 0 Å². The molecule has 0 bridgehead atoms. The minimum absolute atomic E-state index is 0.00385. The zero-order chi connectivity index (χ0) is 45.2. The van der Waals surface area contributed by atoms with E-state index in [9.17, 15) is 32.8 Å². The molecular formula is C49H53F2N7O5. The molecule has 14 heteroatoms. The lowest BCUT2D eigenvalue weighted by molar-refractivity contribution is -0.125. The minimum atomic E-state index is -2.62. The van der Waals surface area contributed by atoms with Crippen molar-refractivity contribution < 1.29 is 32.8 Å². The Labute approximate surface area is 366 Å². The summed E-state index contributed by atoms with van der Waals surface area (Å²) in [5, 5.41) is 8.69. The number of halogens is 2. The van der Waals surface area contributed by atoms with E-state index in [1.54, 1.807) is 37.6 Å². The Kier molecular flexibility index (Phi) is 15.1. The second kappa shape index (κ2) is 20.8. The molecule has 2 aliphatic heterocycles. The number of aldehydes is 1. The maximum atomic E-state index is 14.3. The number of likely N-dealkylation sites (N-methyl/N-ethyl adjacent to an activating group) is 1. The lowest BCUT2D eigenvalue weighted by Crippen LogP contribution is -2.46. The Bertz CT molecular complexity index is 2560. The number of aromatic amines is 1. The van der Waals surface area contributed by atoms with Crippen molar-refractivity contribution in [1.82, 2.24) is 30.8 Å². The highest BCUT2D eigenvalue weighted by molar-refractivity contribution is 6.08. The number of fused-ring (bicyclic) bond motifs is 3. The molecule has 63 heavy (non-hydrogen) atoms. The van der Waals surface area contributed by atoms with Crippen molar-refractivity contribution in [3.8, 4) is 23.0 Å². The zero-order valence-corrected chi connectivity index (χ0v) is 36.2. The number of hydrogen-bond acceptors (Lipinski definition) is 7. The number of rotatable bonds is 14. The van der Waals surface area contributed by atoms with E-state index in [1.807, 2.05) is 37.3 Å². The van der Waals surface area contributed by atoms with Gasteiger partial charge < -0.3 is 35.5 Å². The number of pyridine rings is 1. The third-order valence-corrected chi connectivity index (χ3v) is 11.4. The lowest BCUT2D eigenvalue weighted by atomic mass is 9.91. The van der Waals surface area contributed by atoms with Crippen LogP contribution >= 0.6 is 0 Å². The predicted molar refractivity (Wildman–Crippen MR) is 240 cm³/mol. The molecule has 0 saturated carbocycles. The smallest absolute Gasteiger partial charge is 0.264 e. The van der Waals surface area contributed by atoms with Crippen molar-refractivity contribution in [1.29, 1.82) is 0 Å². The quantitative estimate of drug-likeness (QED) is 0.0508. The van der Waals surface area contributed by atoms with Crippen LogP contribution in [-0.4, -0.2) is 78.5 Å². The largest absolute Gasteiger partial charge is 0.360 e. The van der Waals surface area contributed by atoms with E-state index >= 15 is 0 Å². The minimum Gasteiger partial charge on any atom is -0.360 e. The predicted octanol–water partition coefficient (Wildman–Crippen LogP) is 7.66. The number of aromatic nitrogens is 2. The van der Waals surface area contributed by atoms with Crippen molar-refractivity contribution >= 4 is 52.7 Å². The molecule has 4 amide bonds. The van der Waals surface area contributed by atoms with Crippen LogP contribution in [-0.2, 0) is 27.3 Å². The van der Waals surface area contributed by atoms with Gasteiger partial charge in [0.25, 0.3) is 18.2 Å². The van der Waals surface area contributed by atoms with Gasteiger partial charge in [-0.2, -0.15) is 0 Å². The van der Waals surface area contributed by atoms with Gasteiger partial charge in [0.1, 0.15) is 12.3 Å². The van der Waals surface area contributed by atoms with E-state index in [0.29, 0.717) is 54.7 Å². The maximum absolute atomic E-state index is 14.3. The first kappa shape index (κ1) is 45.6. The lowest BCUT2D eigenvalue weighted by Gasteiger charge is -2.33. The van der Waals surface area contributed by atoms with Gasteiger partial charge in [0.2, 0.25) is 12.3 Å². The summed E-state index contributed by atoms with van der Waals surface area (Å²) in [6.45, 7) is 7.68. The molecule has 0 spiro atoms. The summed E-state index contributed by atoms with van der Waals surface area (Å²) < 4.78 is 28.6. The topological polar surface area (TPSA) is 157 Å². The molecular weight excluding hydrogens is 805 g/mol. The Morgan fingerprint density at radius 3 is 2.51 bits per heavy atom. The average molecular weight is 858 g/mol. The first-order valence-electron chi connectivity index (χ1n) is 21.2. The second-order valence-corrected chi connectivity index (χ2v) is 15.8. The van der Waals surface area contributed by atoms with E-state index < -0.39 is 12.5 Å². The first-order chi connectivity index (χ1) is 30.4. The van der Waals surface area contributed by atoms with Gasteiger partial charge >= 0.3 is 0 Å². The fourth-order valence-corrected chi connectivity index (χ4v) is 8.19. The SMILES string of the molecule is CNC(=O)C(CCC=O)N1Cc2c(C#CCCCNC=O)cccc2C1=O.CNC(=O)c1c[nH]c2c(C(C)C)cc(N3CCCc4cc(-c5ccc(C)nc5)c(C(F)F)cc43)cc12. The third-order valence-electron chi connectivity index (χ3n) is 11.4. The van der Waals surface area contributed by atoms with E-state index in [1.165, 1.54) is 11.9 Å². The van der Waals surface area contributed by atoms with Gasteiger partial charge in [-0.15, -0.1) is 0 Å². The standard InChI is InChI=1S/C29H30F2N4O.C20H23N3O4/c1-16(2)21-11-20(12-23-25(29(36)32-4)15-34-27(21)23)35-9-5-6-18-10-22(19-8-7-17(3)33-14-19)24(28(30)31)13-26(18)35;1-21-19(26)18(10-6-12-24)23-13-17-15(7-3-2-4-11-22-14-25)8-5-9-16(17)20(23)27/h7-8,10-16,28,34H,5-6,9H2,1-4H3,(H,32,36);5,8-9,12,14,18H,2,4,6,10-11,13H2,1H3,(H,21,26)(H,22,25). The van der Waals surface area contributed by atoms with Gasteiger partial charge in [-0.05, 0) is 103 Å². The van der Waals surface area contributed by atoms with Crippen LogP contribution in [0, 0.1) is 18.8 Å². The monoisotopic (exact) mass is 857 g/mol. The summed E-state index contributed by atoms with van der Waals surface area (Å²) in [4.78, 5) is 69.7. The van der Waals surface area contributed by atoms with Crippen LogP contribution in [0.25, 0.3) is 22.0 Å². The van der Waals surface area contributed by atoms with Crippen molar-refractivity contribution in [2.75, 3.05) is 32.1 Å². The van der Waals surface area contributed by atoms with Crippen LogP contribution in [0.2, 0.25) is 0 Å². The number of hydrogen-bond donors (Lipinski definition) is 4. The summed E-state index contributed by atoms with van der Waals surface area (Å²) in [5.74, 6) is 5.69. The zero-order valence-electron chi connectivity index (χ0n) is 36.2. The Balaban J connectivity index is 0.000000219. The summed E-state index contributed by atoms with van der Waals surface area (Å²) in [6.07, 6.45) is 5.77. The van der Waals surface area contributed by atoms with Crippen LogP contribution in [0.1, 0.15) is 113 Å². The number of aryl methyl sites for hydroxylation is 2. The highest BCUT2D eigenvalue weighted by Gasteiger charge is 2.36. The molecule has 4 N–H and O–H groups in total. The molecule has 4 heterocycles. The Morgan fingerprint density at radius 1 is 1.02 bits per heavy atom. The summed E-state index contributed by atoms with van der Waals surface area (Å²) in [6, 6.07) is 16.0. The van der Waals surface area contributed by atoms with Crippen molar-refractivity contribution in [3.63, 3.8) is 0 Å². The molecule has 2 aromatic heterocycles. The summed E-state index contributed by atoms with van der Waals surface area (Å²) in [5.41, 5.74) is 9.52. The molecule has 7 rings (SSSR count). The van der Waals surface area contributed by atoms with E-state index in [0.717, 1.165) is 75.8 Å². The number of unbranched alkanes of at least 4 members (excludes halogenated alkanes) is 1. The van der Waals surface area contributed by atoms with Crippen LogP contribution in [0.4, 0.5) is 20.2 Å². The maximum Gasteiger partial charge on any atom is 0.264 e. The molecule has 1 atom stereocenters. The van der Waals surface area contributed by atoms with Crippen molar-refractivity contribution in [2.45, 2.75) is 84.2 Å². The van der Waals surface area contributed by atoms with Gasteiger partial charge in [0.05, 0.1) is 5.56 Å². The van der Waals surface area contributed by atoms with Crippen LogP contribution in [0.5, 0.6) is 0 Å². The molecule has 328 valence electrons. The van der Waals surface area contributed by atoms with Crippen LogP contribution in [0.15, 0.2) is 67.0 Å². The van der Waals surface area contributed by atoms with Gasteiger partial charge in [0, 0.05) is 109 Å². The van der Waals surface area contributed by atoms with E-state index in [4.69, 9.17) is 0 Å². The van der Waals surface area contributed by atoms with E-state index in [-0.39, 0.29) is 42.0 Å². The first-order valence-corrected chi connectivity index (χ1v) is 21.2. The third kappa shape index (κ3) is 10.1. The molecule has 0 aliphatic carbocycles. The number of carbonyl (C=O) groups is 5. The molecule has 2 aliphatic rings. The number of carbonyl (C=O) groups excluding carboxylic acids is 5. The molecule has 12 nitrogen and oxygen atoms in total. The number of amides is 4. The molecule has 1 unspecified atom stereocenters. The van der Waals surface area contributed by atoms with Gasteiger partial charge in [-0.1, -0.05) is 37.8 Å². The number of anilines is 2. The number of nitrogens with zero attached hydrogens (tertiary/aromatic N) is 3. The summed E-state index contributed by atoms with van der Waals surface area (Å²) in [7, 11) is 3.13. The highest BCUT2D eigenvalue weighted by Crippen LogP contribution is 2.43. The number of alkyl halides is 2. The Hall–Kier alpha value is -6.88. The van der Waals surface area contributed by atoms with Gasteiger partial charge in [0.15, 0.2) is 0 Å². The Morgan fingerprint density at radius 2 is 1.83 bits per heavy atom. The van der Waals surface area contributed by atoms with Gasteiger partial charge in [-0.3, -0.25) is 24.2 Å². The molecule has 5 aromatic rings. The summed E-state index contributed by atoms with van der Waals surface area (Å²) >= 11 is 0. The molecule has 0 saturated heterocycles. The molecule has 0 fully saturated rings. The number of nitrogens with one attached hydrogen (secondary N) is 4. The van der Waals surface area contributed by atoms with Crippen LogP contribution in [0.3, 0.4) is 0 Å². The van der Waals surface area contributed by atoms with Crippen LogP contribution < -0.4 is 20.9 Å². The fourth-order valence-electron chi connectivity index (χ4n) is 8.19. The highest BCUT2D eigenvalue weighted by atomic mass is 19.3. The molecule has 0 radical (unpaired) electrons. The number of H-pyrrole nitrogens is 1. The normalized spacial score (nSPS) is 13.4. The molecule has 3 aromatic carbocycles. The fraction of sp³-hybridized carbons (Fsp3) is 0.347.